The van der Waals surface area contributed by atoms with Crippen molar-refractivity contribution in [2.75, 3.05) is 13.1 Å². The lowest BCUT2D eigenvalue weighted by molar-refractivity contribution is -0.589. The van der Waals surface area contributed by atoms with Crippen LogP contribution in [0.2, 0.25) is 0 Å². The first-order valence-electron chi connectivity index (χ1n) is 7.67. The van der Waals surface area contributed by atoms with E-state index in [2.05, 4.69) is 18.7 Å². The zero-order chi connectivity index (χ0) is 14.6. The van der Waals surface area contributed by atoms with E-state index in [1.807, 2.05) is 0 Å². The number of hydrogen-bond donors (Lipinski definition) is 1. The monoisotopic (exact) mass is 272 g/mol. The number of nitrogens with zero attached hydrogens (tertiary/aromatic N) is 1. The maximum atomic E-state index is 10.0. The SMILES string of the molecule is C=CCN=O.CCCCCCCCCCCC[NH2+][O-]. The normalized spacial score (nSPS) is 9.58. The number of rotatable bonds is 13. The molecule has 0 rings (SSSR count). The van der Waals surface area contributed by atoms with E-state index in [-0.39, 0.29) is 6.54 Å². The van der Waals surface area contributed by atoms with Crippen LogP contribution < -0.4 is 5.48 Å². The van der Waals surface area contributed by atoms with Crippen molar-refractivity contribution in [2.45, 2.75) is 71.1 Å². The van der Waals surface area contributed by atoms with E-state index in [4.69, 9.17) is 4.91 Å². The second kappa shape index (κ2) is 22.4. The molecule has 0 amide bonds. The molecular weight excluding hydrogens is 240 g/mol. The zero-order valence-electron chi connectivity index (χ0n) is 12.6. The van der Waals surface area contributed by atoms with Crippen LogP contribution >= 0.6 is 0 Å². The summed E-state index contributed by atoms with van der Waals surface area (Å²) in [5.41, 5.74) is 1.03. The number of unbranched alkanes of at least 4 members (excludes halogenated alkanes) is 9. The fourth-order valence-corrected chi connectivity index (χ4v) is 1.77. The number of hydrogen-bond acceptors (Lipinski definition) is 3. The number of nitroso groups, excluding NO2 is 1. The third kappa shape index (κ3) is 26.7. The van der Waals surface area contributed by atoms with Crippen molar-refractivity contribution >= 4 is 0 Å². The van der Waals surface area contributed by atoms with Crippen molar-refractivity contribution in [3.8, 4) is 0 Å². The van der Waals surface area contributed by atoms with E-state index in [0.717, 1.165) is 18.4 Å². The van der Waals surface area contributed by atoms with E-state index in [9.17, 15) is 5.21 Å². The summed E-state index contributed by atoms with van der Waals surface area (Å²) < 4.78 is 0. The Hall–Kier alpha value is -0.740. The quantitative estimate of drug-likeness (QED) is 0.239. The average molecular weight is 272 g/mol. The number of hydroxylamine groups is 1. The van der Waals surface area contributed by atoms with E-state index in [1.165, 1.54) is 63.9 Å². The van der Waals surface area contributed by atoms with Crippen molar-refractivity contribution in [1.29, 1.82) is 0 Å². The molecule has 114 valence electrons. The van der Waals surface area contributed by atoms with Gasteiger partial charge >= 0.3 is 0 Å². The van der Waals surface area contributed by atoms with Gasteiger partial charge < -0.3 is 10.7 Å². The summed E-state index contributed by atoms with van der Waals surface area (Å²) >= 11 is 0. The minimum absolute atomic E-state index is 0.222. The van der Waals surface area contributed by atoms with Crippen molar-refractivity contribution in [1.82, 2.24) is 0 Å². The Morgan fingerprint density at radius 3 is 1.79 bits per heavy atom. The highest BCUT2D eigenvalue weighted by atomic mass is 16.5. The predicted octanol–water partition coefficient (Wildman–Crippen LogP) is 3.91. The van der Waals surface area contributed by atoms with Gasteiger partial charge in [0.25, 0.3) is 0 Å². The standard InChI is InChI=1S/C12H27NO.C3H5NO/c1-2-3-4-5-6-7-8-9-10-11-12-13-14;1-2-3-4-5/h2-13H2,1H3;2H,1,3H2. The van der Waals surface area contributed by atoms with Gasteiger partial charge in [-0.25, -0.2) is 0 Å². The van der Waals surface area contributed by atoms with Gasteiger partial charge in [0.2, 0.25) is 0 Å². The molecule has 4 heteroatoms. The first-order chi connectivity index (χ1) is 9.33. The van der Waals surface area contributed by atoms with Gasteiger partial charge in [-0.05, 0) is 12.8 Å². The van der Waals surface area contributed by atoms with Gasteiger partial charge in [0.1, 0.15) is 0 Å². The summed E-state index contributed by atoms with van der Waals surface area (Å²) in [6.45, 7) is 6.50. The lowest BCUT2D eigenvalue weighted by Crippen LogP contribution is -2.77. The maximum absolute atomic E-state index is 10.0. The molecule has 0 aliphatic rings. The zero-order valence-corrected chi connectivity index (χ0v) is 12.6. The molecule has 0 aliphatic carbocycles. The Balaban J connectivity index is 0. The maximum Gasteiger partial charge on any atom is 0.0989 e. The lowest BCUT2D eigenvalue weighted by atomic mass is 10.1. The summed E-state index contributed by atoms with van der Waals surface area (Å²) in [7, 11) is 0. The lowest BCUT2D eigenvalue weighted by Gasteiger charge is -2.02. The van der Waals surface area contributed by atoms with E-state index < -0.39 is 0 Å². The highest BCUT2D eigenvalue weighted by molar-refractivity contribution is 4.67. The molecule has 0 aliphatic heterocycles. The minimum Gasteiger partial charge on any atom is -0.636 e. The van der Waals surface area contributed by atoms with E-state index in [0.29, 0.717) is 0 Å². The molecule has 0 fully saturated rings. The van der Waals surface area contributed by atoms with Crippen LogP contribution in [0.4, 0.5) is 0 Å². The first kappa shape index (κ1) is 20.6. The molecule has 0 aromatic heterocycles. The van der Waals surface area contributed by atoms with Gasteiger partial charge in [-0.15, -0.1) is 6.58 Å². The Morgan fingerprint density at radius 1 is 1.00 bits per heavy atom. The van der Waals surface area contributed by atoms with Gasteiger partial charge in [0, 0.05) is 0 Å². The van der Waals surface area contributed by atoms with Gasteiger partial charge in [-0.3, -0.25) is 0 Å². The second-order valence-electron chi connectivity index (χ2n) is 4.74. The third-order valence-corrected chi connectivity index (χ3v) is 2.88. The molecule has 0 aromatic carbocycles. The summed E-state index contributed by atoms with van der Waals surface area (Å²) in [5.74, 6) is 0. The third-order valence-electron chi connectivity index (χ3n) is 2.88. The Morgan fingerprint density at radius 2 is 1.47 bits per heavy atom. The van der Waals surface area contributed by atoms with Crippen LogP contribution in [0.15, 0.2) is 17.8 Å². The second-order valence-corrected chi connectivity index (χ2v) is 4.74. The largest absolute Gasteiger partial charge is 0.636 e. The Kier molecular flexibility index (Phi) is 24.3. The first-order valence-corrected chi connectivity index (χ1v) is 7.67. The highest BCUT2D eigenvalue weighted by Crippen LogP contribution is 2.09. The van der Waals surface area contributed by atoms with Crippen LogP contribution in [0.25, 0.3) is 0 Å². The fourth-order valence-electron chi connectivity index (χ4n) is 1.77. The van der Waals surface area contributed by atoms with Crippen LogP contribution in [-0.4, -0.2) is 13.1 Å². The van der Waals surface area contributed by atoms with E-state index >= 15 is 0 Å². The summed E-state index contributed by atoms with van der Waals surface area (Å²) in [6.07, 6.45) is 14.9. The smallest absolute Gasteiger partial charge is 0.0989 e. The minimum atomic E-state index is 0.222. The molecule has 0 bridgehead atoms. The molecule has 19 heavy (non-hydrogen) atoms. The van der Waals surface area contributed by atoms with Gasteiger partial charge in [-0.1, -0.05) is 69.5 Å². The molecule has 0 saturated carbocycles. The Bertz CT molecular complexity index is 158. The van der Waals surface area contributed by atoms with Gasteiger partial charge in [0.05, 0.1) is 13.1 Å². The molecule has 0 spiro atoms. The predicted molar refractivity (Wildman–Crippen MR) is 82.9 cm³/mol. The Labute approximate surface area is 118 Å². The molecule has 0 saturated heterocycles. The van der Waals surface area contributed by atoms with Gasteiger partial charge in [-0.2, -0.15) is 4.91 Å². The summed E-state index contributed by atoms with van der Waals surface area (Å²) in [4.78, 5) is 9.08. The van der Waals surface area contributed by atoms with Crippen molar-refractivity contribution in [3.63, 3.8) is 0 Å². The van der Waals surface area contributed by atoms with Crippen molar-refractivity contribution < 1.29 is 5.48 Å². The molecule has 4 nitrogen and oxygen atoms in total. The summed E-state index contributed by atoms with van der Waals surface area (Å²) in [5, 5.41) is 12.5. The van der Waals surface area contributed by atoms with Crippen LogP contribution in [0.1, 0.15) is 71.1 Å². The molecule has 0 radical (unpaired) electrons. The van der Waals surface area contributed by atoms with Crippen molar-refractivity contribution in [2.24, 2.45) is 5.18 Å². The topological polar surface area (TPSA) is 69.1 Å². The molecule has 2 N–H and O–H groups in total. The molecule has 0 heterocycles. The van der Waals surface area contributed by atoms with Gasteiger partial charge in [0.15, 0.2) is 0 Å². The van der Waals surface area contributed by atoms with Crippen LogP contribution in [-0.2, 0) is 0 Å². The average Bonchev–Trinajstić information content (AvgIpc) is 2.43. The summed E-state index contributed by atoms with van der Waals surface area (Å²) in [6, 6.07) is 0. The molecule has 0 aromatic rings. The molecule has 0 atom stereocenters. The van der Waals surface area contributed by atoms with Crippen LogP contribution in [0, 0.1) is 10.1 Å². The van der Waals surface area contributed by atoms with Crippen LogP contribution in [0.3, 0.4) is 0 Å². The van der Waals surface area contributed by atoms with Crippen molar-refractivity contribution in [3.05, 3.63) is 22.8 Å². The van der Waals surface area contributed by atoms with E-state index in [1.54, 1.807) is 0 Å². The molecule has 0 unspecified atom stereocenters. The van der Waals surface area contributed by atoms with Crippen LogP contribution in [0.5, 0.6) is 0 Å². The number of nitrogens with two attached hydrogens (primary N) is 1. The molecular formula is C15H32N2O2. The highest BCUT2D eigenvalue weighted by Gasteiger charge is 1.91. The fraction of sp³-hybridized carbons (Fsp3) is 0.867. The number of quaternary nitrogens is 1.